The van der Waals surface area contributed by atoms with E-state index in [4.69, 9.17) is 41.6 Å². The Labute approximate surface area is 343 Å². The maximum Gasteiger partial charge on any atom is 0.350 e. The Balaban J connectivity index is 1.42. The zero-order chi connectivity index (χ0) is 39.0. The van der Waals surface area contributed by atoms with E-state index in [0.29, 0.717) is 38.4 Å². The van der Waals surface area contributed by atoms with Gasteiger partial charge in [0.25, 0.3) is 0 Å². The number of carbonyl (C=O) groups is 1. The van der Waals surface area contributed by atoms with Gasteiger partial charge in [0.2, 0.25) is 5.75 Å². The highest BCUT2D eigenvalue weighted by Gasteiger charge is 2.38. The molecule has 0 aliphatic heterocycles. The fourth-order valence-corrected chi connectivity index (χ4v) is 9.60. The Morgan fingerprint density at radius 2 is 0.807 bits per heavy atom. The van der Waals surface area contributed by atoms with Gasteiger partial charge in [0.1, 0.15) is 17.2 Å². The standard InChI is InChI=1S/C49H34Cl2O5S/c50-36-26-30-42(31-27-36)57(41-24-14-5-15-25-41,43-32-28-37(51)29-33-43)56-49(52)44-34-45(53-38-18-8-2-9-19-38)47(54-39-20-10-3-11-21-39)48(55-40-22-12-4-13-23-40)46(44)35-16-6-1-7-17-35/h1-34H. The highest BCUT2D eigenvalue weighted by Crippen LogP contribution is 2.70. The van der Waals surface area contributed by atoms with Crippen molar-refractivity contribution in [1.29, 1.82) is 0 Å². The molecule has 280 valence electrons. The second kappa shape index (κ2) is 17.1. The summed E-state index contributed by atoms with van der Waals surface area (Å²) >= 11 is 12.9. The van der Waals surface area contributed by atoms with Crippen molar-refractivity contribution in [1.82, 2.24) is 0 Å². The number of ether oxygens (including phenoxy) is 3. The predicted molar refractivity (Wildman–Crippen MR) is 229 cm³/mol. The quantitative estimate of drug-likeness (QED) is 0.123. The molecule has 0 aromatic heterocycles. The fraction of sp³-hybridized carbons (Fsp3) is 0. The van der Waals surface area contributed by atoms with E-state index in [0.717, 1.165) is 14.7 Å². The van der Waals surface area contributed by atoms with Crippen LogP contribution in [0.2, 0.25) is 10.0 Å². The van der Waals surface area contributed by atoms with Crippen molar-refractivity contribution in [2.24, 2.45) is 0 Å². The summed E-state index contributed by atoms with van der Waals surface area (Å²) in [6, 6.07) is 63.8. The number of hydrogen-bond donors (Lipinski definition) is 0. The highest BCUT2D eigenvalue weighted by molar-refractivity contribution is 8.30. The third-order valence-corrected chi connectivity index (χ3v) is 12.7. The minimum Gasteiger partial charge on any atom is -0.453 e. The summed E-state index contributed by atoms with van der Waals surface area (Å²) in [5, 5.41) is 1.10. The number of benzene rings is 8. The van der Waals surface area contributed by atoms with Crippen molar-refractivity contribution in [2.75, 3.05) is 0 Å². The van der Waals surface area contributed by atoms with Crippen molar-refractivity contribution < 1.29 is 23.2 Å². The van der Waals surface area contributed by atoms with Crippen LogP contribution in [-0.4, -0.2) is 5.97 Å². The van der Waals surface area contributed by atoms with Gasteiger partial charge in [0, 0.05) is 36.4 Å². The summed E-state index contributed by atoms with van der Waals surface area (Å²) in [4.78, 5) is 17.9. The molecule has 0 unspecified atom stereocenters. The average molecular weight is 806 g/mol. The highest BCUT2D eigenvalue weighted by atomic mass is 35.5. The van der Waals surface area contributed by atoms with Crippen LogP contribution in [0.4, 0.5) is 0 Å². The van der Waals surface area contributed by atoms with Gasteiger partial charge in [-0.05, 0) is 113 Å². The van der Waals surface area contributed by atoms with Crippen LogP contribution < -0.4 is 14.2 Å². The van der Waals surface area contributed by atoms with Crippen molar-refractivity contribution in [3.05, 3.63) is 222 Å². The first-order chi connectivity index (χ1) is 28.0. The van der Waals surface area contributed by atoms with Crippen LogP contribution in [0.3, 0.4) is 0 Å². The lowest BCUT2D eigenvalue weighted by Crippen LogP contribution is -2.15. The maximum atomic E-state index is 15.6. The maximum absolute atomic E-state index is 15.6. The SMILES string of the molecule is O=C(OS(c1ccccc1)(c1ccc(Cl)cc1)c1ccc(Cl)cc1)c1cc(Oc2ccccc2)c(Oc2ccccc2)c(Oc2ccccc2)c1-c1ccccc1. The van der Waals surface area contributed by atoms with Gasteiger partial charge in [-0.2, -0.15) is 0 Å². The smallest absolute Gasteiger partial charge is 0.350 e. The summed E-state index contributed by atoms with van der Waals surface area (Å²) in [5.74, 6) is 1.73. The van der Waals surface area contributed by atoms with E-state index in [9.17, 15) is 0 Å². The second-order valence-electron chi connectivity index (χ2n) is 12.7. The molecule has 5 nitrogen and oxygen atoms in total. The van der Waals surface area contributed by atoms with E-state index in [1.807, 2.05) is 176 Å². The molecule has 8 rings (SSSR count). The Morgan fingerprint density at radius 1 is 0.421 bits per heavy atom. The van der Waals surface area contributed by atoms with Gasteiger partial charge in [0.05, 0.1) is 5.56 Å². The van der Waals surface area contributed by atoms with Crippen molar-refractivity contribution in [2.45, 2.75) is 14.7 Å². The van der Waals surface area contributed by atoms with Crippen LogP contribution in [-0.2, 0) is 4.18 Å². The molecular formula is C49H34Cl2O5S. The minimum absolute atomic E-state index is 0.189. The van der Waals surface area contributed by atoms with Gasteiger partial charge < -0.3 is 18.4 Å². The molecule has 8 aromatic carbocycles. The topological polar surface area (TPSA) is 54.0 Å². The summed E-state index contributed by atoms with van der Waals surface area (Å²) in [6.07, 6.45) is 0. The molecule has 0 fully saturated rings. The van der Waals surface area contributed by atoms with E-state index in [1.165, 1.54) is 0 Å². The molecular weight excluding hydrogens is 772 g/mol. The third-order valence-electron chi connectivity index (χ3n) is 8.95. The van der Waals surface area contributed by atoms with Gasteiger partial charge in [-0.15, -0.1) is 0 Å². The van der Waals surface area contributed by atoms with Crippen LogP contribution in [0.1, 0.15) is 10.4 Å². The van der Waals surface area contributed by atoms with E-state index in [-0.39, 0.29) is 22.8 Å². The lowest BCUT2D eigenvalue weighted by Gasteiger charge is -2.40. The van der Waals surface area contributed by atoms with Crippen molar-refractivity contribution in [3.8, 4) is 45.6 Å². The van der Waals surface area contributed by atoms with Crippen LogP contribution in [0.25, 0.3) is 11.1 Å². The molecule has 0 aliphatic carbocycles. The van der Waals surface area contributed by atoms with E-state index < -0.39 is 16.3 Å². The second-order valence-corrected chi connectivity index (χ2v) is 16.3. The number of halogens is 2. The molecule has 0 aliphatic rings. The van der Waals surface area contributed by atoms with Gasteiger partial charge in [-0.1, -0.05) is 126 Å². The Bertz CT molecular complexity index is 2530. The Hall–Kier alpha value is -6.44. The Morgan fingerprint density at radius 3 is 1.28 bits per heavy atom. The Kier molecular flexibility index (Phi) is 11.3. The molecule has 8 aromatic rings. The molecule has 0 radical (unpaired) electrons. The monoisotopic (exact) mass is 804 g/mol. The molecule has 0 bridgehead atoms. The number of para-hydroxylation sites is 3. The van der Waals surface area contributed by atoms with Crippen LogP contribution in [0, 0.1) is 0 Å². The third kappa shape index (κ3) is 8.25. The van der Waals surface area contributed by atoms with Gasteiger partial charge in [-0.25, -0.2) is 4.79 Å². The summed E-state index contributed by atoms with van der Waals surface area (Å²) in [6.45, 7) is 0. The number of rotatable bonds is 12. The van der Waals surface area contributed by atoms with Crippen LogP contribution >= 0.6 is 33.5 Å². The summed E-state index contributed by atoms with van der Waals surface area (Å²) in [5.41, 5.74) is 1.33. The molecule has 0 saturated heterocycles. The van der Waals surface area contributed by atoms with Crippen molar-refractivity contribution in [3.63, 3.8) is 0 Å². The first kappa shape index (κ1) is 37.5. The molecule has 8 heteroatoms. The first-order valence-corrected chi connectivity index (χ1v) is 20.4. The molecule has 0 amide bonds. The first-order valence-electron chi connectivity index (χ1n) is 18.1. The molecule has 0 N–H and O–H groups in total. The van der Waals surface area contributed by atoms with Gasteiger partial charge in [0.15, 0.2) is 11.5 Å². The zero-order valence-corrected chi connectivity index (χ0v) is 32.7. The summed E-state index contributed by atoms with van der Waals surface area (Å²) in [7, 11) is -2.79. The number of carbonyl (C=O) groups excluding carboxylic acids is 1. The largest absolute Gasteiger partial charge is 0.453 e. The normalized spacial score (nSPS) is 11.3. The minimum atomic E-state index is -2.79. The molecule has 0 atom stereocenters. The molecule has 57 heavy (non-hydrogen) atoms. The van der Waals surface area contributed by atoms with Crippen molar-refractivity contribution >= 4 is 39.5 Å². The van der Waals surface area contributed by atoms with Gasteiger partial charge in [-0.3, -0.25) is 0 Å². The predicted octanol–water partition coefficient (Wildman–Crippen LogP) is 15.1. The molecule has 0 spiro atoms. The molecule has 0 saturated carbocycles. The lowest BCUT2D eigenvalue weighted by molar-refractivity contribution is 0.0757. The van der Waals surface area contributed by atoms with E-state index >= 15 is 4.79 Å². The van der Waals surface area contributed by atoms with E-state index in [2.05, 4.69) is 0 Å². The zero-order valence-electron chi connectivity index (χ0n) is 30.3. The molecule has 0 heterocycles. The van der Waals surface area contributed by atoms with Gasteiger partial charge >= 0.3 is 5.97 Å². The van der Waals surface area contributed by atoms with Crippen LogP contribution in [0.15, 0.2) is 221 Å². The number of hydrogen-bond acceptors (Lipinski definition) is 5. The lowest BCUT2D eigenvalue weighted by atomic mass is 9.97. The fourth-order valence-electron chi connectivity index (χ4n) is 6.34. The summed E-state index contributed by atoms with van der Waals surface area (Å²) < 4.78 is 27.2. The van der Waals surface area contributed by atoms with Crippen LogP contribution in [0.5, 0.6) is 34.5 Å². The average Bonchev–Trinajstić information content (AvgIpc) is 3.26. The van der Waals surface area contributed by atoms with E-state index in [1.54, 1.807) is 30.3 Å².